The molecule has 2 fully saturated rings. The summed E-state index contributed by atoms with van der Waals surface area (Å²) in [5.41, 5.74) is 1.83. The van der Waals surface area contributed by atoms with Gasteiger partial charge in [0.1, 0.15) is 11.6 Å². The second-order valence-electron chi connectivity index (χ2n) is 7.83. The van der Waals surface area contributed by atoms with Crippen molar-refractivity contribution in [3.8, 4) is 0 Å². The third-order valence-corrected chi connectivity index (χ3v) is 5.92. The Labute approximate surface area is 166 Å². The van der Waals surface area contributed by atoms with Crippen LogP contribution in [0.2, 0.25) is 0 Å². The minimum atomic E-state index is 0.124. The van der Waals surface area contributed by atoms with E-state index in [1.807, 2.05) is 43.1 Å². The number of benzene rings is 1. The molecule has 1 aromatic heterocycles. The molecule has 1 amide bonds. The normalized spacial score (nSPS) is 21.1. The number of hydrogen-bond acceptors (Lipinski definition) is 5. The predicted molar refractivity (Wildman–Crippen MR) is 106 cm³/mol. The summed E-state index contributed by atoms with van der Waals surface area (Å²) in [5.74, 6) is 2.33. The Balaban J connectivity index is 1.46. The Bertz CT molecular complexity index is 828. The molecule has 150 valence electrons. The van der Waals surface area contributed by atoms with E-state index in [9.17, 15) is 4.79 Å². The molecule has 3 heterocycles. The van der Waals surface area contributed by atoms with Crippen LogP contribution in [0, 0.1) is 6.92 Å². The highest BCUT2D eigenvalue weighted by molar-refractivity contribution is 5.95. The predicted octanol–water partition coefficient (Wildman–Crippen LogP) is 1.98. The third-order valence-electron chi connectivity index (χ3n) is 5.92. The zero-order valence-electron chi connectivity index (χ0n) is 16.8. The highest BCUT2D eigenvalue weighted by Gasteiger charge is 2.29. The Morgan fingerprint density at radius 2 is 1.96 bits per heavy atom. The summed E-state index contributed by atoms with van der Waals surface area (Å²) >= 11 is 0. The first-order valence-electron chi connectivity index (χ1n) is 10.2. The van der Waals surface area contributed by atoms with Gasteiger partial charge in [-0.3, -0.25) is 9.69 Å². The van der Waals surface area contributed by atoms with E-state index in [1.165, 1.54) is 0 Å². The fourth-order valence-electron chi connectivity index (χ4n) is 4.18. The number of nitrogens with zero attached hydrogens (tertiary/aromatic N) is 5. The molecule has 1 aromatic carbocycles. The summed E-state index contributed by atoms with van der Waals surface area (Å²) in [6.45, 7) is 7.74. The summed E-state index contributed by atoms with van der Waals surface area (Å²) in [6.07, 6.45) is 2.04. The summed E-state index contributed by atoms with van der Waals surface area (Å²) < 4.78 is 7.55. The average Bonchev–Trinajstić information content (AvgIpc) is 3.09. The molecule has 0 saturated carbocycles. The van der Waals surface area contributed by atoms with Crippen molar-refractivity contribution in [2.24, 2.45) is 7.05 Å². The molecule has 2 aromatic rings. The minimum Gasteiger partial charge on any atom is -0.379 e. The molecule has 2 aliphatic rings. The Morgan fingerprint density at radius 1 is 1.18 bits per heavy atom. The van der Waals surface area contributed by atoms with Crippen LogP contribution in [0.3, 0.4) is 0 Å². The number of amides is 1. The van der Waals surface area contributed by atoms with Gasteiger partial charge in [-0.05, 0) is 31.4 Å². The second-order valence-corrected chi connectivity index (χ2v) is 7.83. The topological polar surface area (TPSA) is 63.5 Å². The van der Waals surface area contributed by atoms with Crippen LogP contribution in [-0.4, -0.2) is 69.9 Å². The Hall–Kier alpha value is -2.25. The van der Waals surface area contributed by atoms with E-state index in [0.717, 1.165) is 75.0 Å². The number of piperidine rings is 1. The standard InChI is InChI=1S/C21H29N5O2/c1-16-6-3-4-8-18(16)21(27)26-9-5-7-17(14-26)20-23-22-19(24(20)2)15-25-10-12-28-13-11-25/h3-4,6,8,17H,5,7,9-15H2,1-2H3/t17-/m0/s1. The number of morpholine rings is 1. The number of rotatable bonds is 4. The van der Waals surface area contributed by atoms with Gasteiger partial charge in [0, 0.05) is 44.7 Å². The molecule has 0 radical (unpaired) electrons. The lowest BCUT2D eigenvalue weighted by molar-refractivity contribution is 0.0326. The number of ether oxygens (including phenoxy) is 1. The van der Waals surface area contributed by atoms with Crippen LogP contribution in [0.4, 0.5) is 0 Å². The fraction of sp³-hybridized carbons (Fsp3) is 0.571. The van der Waals surface area contributed by atoms with Gasteiger partial charge in [-0.1, -0.05) is 18.2 Å². The first-order valence-corrected chi connectivity index (χ1v) is 10.2. The highest BCUT2D eigenvalue weighted by Crippen LogP contribution is 2.27. The van der Waals surface area contributed by atoms with Crippen molar-refractivity contribution in [3.63, 3.8) is 0 Å². The first-order chi connectivity index (χ1) is 13.6. The van der Waals surface area contributed by atoms with Crippen LogP contribution in [0.25, 0.3) is 0 Å². The van der Waals surface area contributed by atoms with Crippen molar-refractivity contribution >= 4 is 5.91 Å². The van der Waals surface area contributed by atoms with Gasteiger partial charge >= 0.3 is 0 Å². The van der Waals surface area contributed by atoms with Crippen molar-refractivity contribution in [1.82, 2.24) is 24.6 Å². The van der Waals surface area contributed by atoms with Crippen LogP contribution >= 0.6 is 0 Å². The van der Waals surface area contributed by atoms with E-state index in [0.29, 0.717) is 6.54 Å². The lowest BCUT2D eigenvalue weighted by Gasteiger charge is -2.32. The molecule has 7 nitrogen and oxygen atoms in total. The van der Waals surface area contributed by atoms with E-state index in [4.69, 9.17) is 4.74 Å². The molecular weight excluding hydrogens is 354 g/mol. The summed E-state index contributed by atoms with van der Waals surface area (Å²) in [4.78, 5) is 17.3. The van der Waals surface area contributed by atoms with E-state index in [1.54, 1.807) is 0 Å². The average molecular weight is 383 g/mol. The molecule has 0 bridgehead atoms. The molecule has 0 aliphatic carbocycles. The Morgan fingerprint density at radius 3 is 2.75 bits per heavy atom. The van der Waals surface area contributed by atoms with Gasteiger partial charge in [0.25, 0.3) is 5.91 Å². The van der Waals surface area contributed by atoms with Crippen LogP contribution < -0.4 is 0 Å². The number of aromatic nitrogens is 3. The fourth-order valence-corrected chi connectivity index (χ4v) is 4.18. The maximum absolute atomic E-state index is 13.0. The van der Waals surface area contributed by atoms with Gasteiger partial charge in [-0.25, -0.2) is 0 Å². The van der Waals surface area contributed by atoms with Crippen LogP contribution in [0.5, 0.6) is 0 Å². The molecule has 0 spiro atoms. The number of likely N-dealkylation sites (tertiary alicyclic amines) is 1. The Kier molecular flexibility index (Phi) is 5.73. The summed E-state index contributed by atoms with van der Waals surface area (Å²) in [5, 5.41) is 8.96. The number of hydrogen-bond donors (Lipinski definition) is 0. The van der Waals surface area contributed by atoms with Gasteiger partial charge in [-0.2, -0.15) is 0 Å². The molecule has 2 aliphatic heterocycles. The highest BCUT2D eigenvalue weighted by atomic mass is 16.5. The van der Waals surface area contributed by atoms with Crippen molar-refractivity contribution < 1.29 is 9.53 Å². The van der Waals surface area contributed by atoms with E-state index < -0.39 is 0 Å². The van der Waals surface area contributed by atoms with E-state index >= 15 is 0 Å². The monoisotopic (exact) mass is 383 g/mol. The van der Waals surface area contributed by atoms with Crippen molar-refractivity contribution in [2.75, 3.05) is 39.4 Å². The van der Waals surface area contributed by atoms with Crippen molar-refractivity contribution in [3.05, 3.63) is 47.0 Å². The summed E-state index contributed by atoms with van der Waals surface area (Å²) in [6, 6.07) is 7.82. The summed E-state index contributed by atoms with van der Waals surface area (Å²) in [7, 11) is 2.05. The van der Waals surface area contributed by atoms with Gasteiger partial charge in [0.05, 0.1) is 19.8 Å². The SMILES string of the molecule is Cc1ccccc1C(=O)N1CCC[C@H](c2nnc(CN3CCOCC3)n2C)C1. The van der Waals surface area contributed by atoms with E-state index in [-0.39, 0.29) is 11.8 Å². The third kappa shape index (κ3) is 3.95. The smallest absolute Gasteiger partial charge is 0.254 e. The van der Waals surface area contributed by atoms with Gasteiger partial charge in [0.2, 0.25) is 0 Å². The lowest BCUT2D eigenvalue weighted by atomic mass is 9.96. The lowest BCUT2D eigenvalue weighted by Crippen LogP contribution is -2.40. The maximum Gasteiger partial charge on any atom is 0.254 e. The zero-order valence-corrected chi connectivity index (χ0v) is 16.8. The van der Waals surface area contributed by atoms with Gasteiger partial charge < -0.3 is 14.2 Å². The van der Waals surface area contributed by atoms with Gasteiger partial charge in [-0.15, -0.1) is 10.2 Å². The first kappa shape index (κ1) is 19.1. The molecule has 1 atom stereocenters. The van der Waals surface area contributed by atoms with Crippen LogP contribution in [0.1, 0.15) is 46.3 Å². The molecular formula is C21H29N5O2. The number of aryl methyl sites for hydroxylation is 1. The minimum absolute atomic E-state index is 0.124. The number of carbonyl (C=O) groups excluding carboxylic acids is 1. The van der Waals surface area contributed by atoms with Crippen LogP contribution in [0.15, 0.2) is 24.3 Å². The molecule has 2 saturated heterocycles. The van der Waals surface area contributed by atoms with Crippen molar-refractivity contribution in [1.29, 1.82) is 0 Å². The zero-order chi connectivity index (χ0) is 19.5. The quantitative estimate of drug-likeness (QED) is 0.808. The van der Waals surface area contributed by atoms with E-state index in [2.05, 4.69) is 19.7 Å². The largest absolute Gasteiger partial charge is 0.379 e. The van der Waals surface area contributed by atoms with Crippen LogP contribution in [-0.2, 0) is 18.3 Å². The maximum atomic E-state index is 13.0. The van der Waals surface area contributed by atoms with Crippen molar-refractivity contribution in [2.45, 2.75) is 32.2 Å². The molecule has 0 N–H and O–H groups in total. The molecule has 0 unspecified atom stereocenters. The molecule has 7 heteroatoms. The molecule has 28 heavy (non-hydrogen) atoms. The molecule has 4 rings (SSSR count). The second kappa shape index (κ2) is 8.41. The number of carbonyl (C=O) groups is 1. The van der Waals surface area contributed by atoms with Gasteiger partial charge in [0.15, 0.2) is 0 Å².